The fraction of sp³-hybridized carbons (Fsp3) is 0.217. The van der Waals surface area contributed by atoms with E-state index in [1.165, 1.54) is 0 Å². The van der Waals surface area contributed by atoms with Gasteiger partial charge in [-0.1, -0.05) is 42.5 Å². The lowest BCUT2D eigenvalue weighted by Gasteiger charge is -2.20. The first kappa shape index (κ1) is 17.4. The molecule has 3 aromatic carbocycles. The third-order valence-corrected chi connectivity index (χ3v) is 5.04. The maximum Gasteiger partial charge on any atom is 0.165 e. The van der Waals surface area contributed by atoms with E-state index in [0.29, 0.717) is 31.2 Å². The predicted molar refractivity (Wildman–Crippen MR) is 106 cm³/mol. The number of phenols is 2. The van der Waals surface area contributed by atoms with E-state index in [2.05, 4.69) is 30.0 Å². The summed E-state index contributed by atoms with van der Waals surface area (Å²) < 4.78 is 5.84. The van der Waals surface area contributed by atoms with Gasteiger partial charge in [-0.05, 0) is 41.8 Å². The van der Waals surface area contributed by atoms with Crippen molar-refractivity contribution >= 4 is 0 Å². The third kappa shape index (κ3) is 3.62. The van der Waals surface area contributed by atoms with Gasteiger partial charge in [0.05, 0.1) is 0 Å². The highest BCUT2D eigenvalue weighted by molar-refractivity contribution is 5.71. The molecule has 3 aromatic rings. The minimum absolute atomic E-state index is 0.176. The van der Waals surface area contributed by atoms with E-state index in [1.807, 2.05) is 30.3 Å². The van der Waals surface area contributed by atoms with Gasteiger partial charge in [0.15, 0.2) is 11.5 Å². The number of hydrogen-bond donors (Lipinski definition) is 2. The van der Waals surface area contributed by atoms with Gasteiger partial charge in [-0.15, -0.1) is 0 Å². The molecule has 138 valence electrons. The number of phenolic OH excluding ortho intramolecular Hbond substituents is 2. The smallest absolute Gasteiger partial charge is 0.165 e. The molecule has 0 amide bonds. The molecule has 4 heteroatoms. The molecule has 0 saturated carbocycles. The molecule has 27 heavy (non-hydrogen) atoms. The first-order valence-corrected chi connectivity index (χ1v) is 9.16. The molecule has 0 radical (unpaired) electrons. The Kier molecular flexibility index (Phi) is 4.73. The number of benzene rings is 3. The van der Waals surface area contributed by atoms with Crippen LogP contribution >= 0.6 is 0 Å². The molecule has 4 nitrogen and oxygen atoms in total. The monoisotopic (exact) mass is 361 g/mol. The van der Waals surface area contributed by atoms with Gasteiger partial charge in [-0.3, -0.25) is 4.90 Å². The molecule has 1 aliphatic heterocycles. The third-order valence-electron chi connectivity index (χ3n) is 5.04. The van der Waals surface area contributed by atoms with E-state index in [1.54, 1.807) is 12.1 Å². The van der Waals surface area contributed by atoms with Gasteiger partial charge in [0.25, 0.3) is 0 Å². The van der Waals surface area contributed by atoms with Crippen molar-refractivity contribution in [2.75, 3.05) is 13.2 Å². The molecule has 0 atom stereocenters. The van der Waals surface area contributed by atoms with E-state index in [4.69, 9.17) is 4.74 Å². The normalized spacial score (nSPS) is 14.3. The van der Waals surface area contributed by atoms with Crippen LogP contribution in [0.3, 0.4) is 0 Å². The topological polar surface area (TPSA) is 52.9 Å². The Morgan fingerprint density at radius 3 is 2.56 bits per heavy atom. The zero-order chi connectivity index (χ0) is 18.8. The van der Waals surface area contributed by atoms with Crippen LogP contribution in [0.25, 0.3) is 11.1 Å². The highest BCUT2D eigenvalue weighted by atomic mass is 16.5. The number of rotatable bonds is 3. The lowest BCUT2D eigenvalue weighted by atomic mass is 9.97. The summed E-state index contributed by atoms with van der Waals surface area (Å²) >= 11 is 0. The Bertz CT molecular complexity index is 968. The van der Waals surface area contributed by atoms with Crippen molar-refractivity contribution in [3.63, 3.8) is 0 Å². The number of hydrogen-bond acceptors (Lipinski definition) is 4. The Hall–Kier alpha value is -2.98. The minimum atomic E-state index is 0.176. The van der Waals surface area contributed by atoms with Crippen LogP contribution in [-0.4, -0.2) is 28.3 Å². The molecule has 0 aromatic heterocycles. The van der Waals surface area contributed by atoms with E-state index >= 15 is 0 Å². The van der Waals surface area contributed by atoms with E-state index < -0.39 is 0 Å². The SMILES string of the molecule is Cc1ccccc1-c1cc(O)c2c(c1)CN(Cc1ccccc1O)CCO2. The van der Waals surface area contributed by atoms with E-state index in [9.17, 15) is 10.2 Å². The summed E-state index contributed by atoms with van der Waals surface area (Å²) in [6.45, 7) is 4.57. The van der Waals surface area contributed by atoms with E-state index in [-0.39, 0.29) is 5.75 Å². The highest BCUT2D eigenvalue weighted by Gasteiger charge is 2.21. The first-order chi connectivity index (χ1) is 13.1. The Labute approximate surface area is 159 Å². The van der Waals surface area contributed by atoms with Crippen LogP contribution in [0.1, 0.15) is 16.7 Å². The van der Waals surface area contributed by atoms with Gasteiger partial charge < -0.3 is 14.9 Å². The summed E-state index contributed by atoms with van der Waals surface area (Å²) in [6.07, 6.45) is 0. The van der Waals surface area contributed by atoms with Gasteiger partial charge in [-0.2, -0.15) is 0 Å². The van der Waals surface area contributed by atoms with Gasteiger partial charge >= 0.3 is 0 Å². The molecule has 1 heterocycles. The Balaban J connectivity index is 1.67. The van der Waals surface area contributed by atoms with Crippen molar-refractivity contribution < 1.29 is 14.9 Å². The average Bonchev–Trinajstić information content (AvgIpc) is 2.86. The summed E-state index contributed by atoms with van der Waals surface area (Å²) in [5.41, 5.74) is 5.10. The summed E-state index contributed by atoms with van der Waals surface area (Å²) in [7, 11) is 0. The van der Waals surface area contributed by atoms with Crippen LogP contribution in [0.15, 0.2) is 60.7 Å². The molecular formula is C23H23NO3. The Morgan fingerprint density at radius 1 is 0.963 bits per heavy atom. The zero-order valence-corrected chi connectivity index (χ0v) is 15.4. The fourth-order valence-electron chi connectivity index (χ4n) is 3.63. The molecule has 4 rings (SSSR count). The predicted octanol–water partition coefficient (Wildman–Crippen LogP) is 4.47. The average molecular weight is 361 g/mol. The Morgan fingerprint density at radius 2 is 1.74 bits per heavy atom. The van der Waals surface area contributed by atoms with Crippen molar-refractivity contribution in [1.82, 2.24) is 4.90 Å². The van der Waals surface area contributed by atoms with Crippen LogP contribution in [0.2, 0.25) is 0 Å². The number of nitrogens with zero attached hydrogens (tertiary/aromatic N) is 1. The molecule has 0 fully saturated rings. The first-order valence-electron chi connectivity index (χ1n) is 9.16. The van der Waals surface area contributed by atoms with Crippen molar-refractivity contribution in [2.24, 2.45) is 0 Å². The molecule has 0 saturated heterocycles. The van der Waals surface area contributed by atoms with Crippen molar-refractivity contribution in [3.8, 4) is 28.4 Å². The fourth-order valence-corrected chi connectivity index (χ4v) is 3.63. The maximum absolute atomic E-state index is 10.6. The molecule has 2 N–H and O–H groups in total. The van der Waals surface area contributed by atoms with Crippen molar-refractivity contribution in [1.29, 1.82) is 0 Å². The van der Waals surface area contributed by atoms with Crippen LogP contribution in [0, 0.1) is 6.92 Å². The number of aryl methyl sites for hydroxylation is 1. The summed E-state index contributed by atoms with van der Waals surface area (Å²) in [4.78, 5) is 2.22. The van der Waals surface area contributed by atoms with Crippen LogP contribution < -0.4 is 4.74 Å². The molecule has 1 aliphatic rings. The molecule has 0 bridgehead atoms. The van der Waals surface area contributed by atoms with Crippen molar-refractivity contribution in [3.05, 3.63) is 77.4 Å². The largest absolute Gasteiger partial charge is 0.508 e. The number of ether oxygens (including phenoxy) is 1. The van der Waals surface area contributed by atoms with Crippen LogP contribution in [0.5, 0.6) is 17.2 Å². The highest BCUT2D eigenvalue weighted by Crippen LogP contribution is 2.38. The molecule has 0 spiro atoms. The van der Waals surface area contributed by atoms with Gasteiger partial charge in [0.2, 0.25) is 0 Å². The van der Waals surface area contributed by atoms with Gasteiger partial charge in [-0.25, -0.2) is 0 Å². The standard InChI is InChI=1S/C23H23NO3/c1-16-6-2-4-8-20(16)18-12-19-15-24(10-11-27-23(19)22(26)13-18)14-17-7-3-5-9-21(17)25/h2-9,12-13,25-26H,10-11,14-15H2,1H3. The zero-order valence-electron chi connectivity index (χ0n) is 15.4. The number of aromatic hydroxyl groups is 2. The van der Waals surface area contributed by atoms with Crippen molar-refractivity contribution in [2.45, 2.75) is 20.0 Å². The minimum Gasteiger partial charge on any atom is -0.508 e. The molecule has 0 aliphatic carbocycles. The summed E-state index contributed by atoms with van der Waals surface area (Å²) in [5, 5.41) is 20.6. The number of para-hydroxylation sites is 1. The van der Waals surface area contributed by atoms with Crippen LogP contribution in [0.4, 0.5) is 0 Å². The second-order valence-corrected chi connectivity index (χ2v) is 6.99. The van der Waals surface area contributed by atoms with Crippen LogP contribution in [-0.2, 0) is 13.1 Å². The van der Waals surface area contributed by atoms with E-state index in [0.717, 1.165) is 34.4 Å². The summed E-state index contributed by atoms with van der Waals surface area (Å²) in [5.74, 6) is 1.04. The second kappa shape index (κ2) is 7.33. The summed E-state index contributed by atoms with van der Waals surface area (Å²) in [6, 6.07) is 19.4. The lowest BCUT2D eigenvalue weighted by molar-refractivity contribution is 0.215. The van der Waals surface area contributed by atoms with Gasteiger partial charge in [0, 0.05) is 30.8 Å². The van der Waals surface area contributed by atoms with Gasteiger partial charge in [0.1, 0.15) is 12.4 Å². The molecular weight excluding hydrogens is 338 g/mol. The second-order valence-electron chi connectivity index (χ2n) is 6.99. The maximum atomic E-state index is 10.6. The quantitative estimate of drug-likeness (QED) is 0.723. The lowest BCUT2D eigenvalue weighted by Crippen LogP contribution is -2.25. The number of fused-ring (bicyclic) bond motifs is 1. The molecule has 0 unspecified atom stereocenters.